The highest BCUT2D eigenvalue weighted by Gasteiger charge is 2.01. The lowest BCUT2D eigenvalue weighted by Gasteiger charge is -2.11. The minimum atomic E-state index is 0.743. The summed E-state index contributed by atoms with van der Waals surface area (Å²) in [5.74, 6) is 0.974. The van der Waals surface area contributed by atoms with Crippen molar-refractivity contribution in [3.05, 3.63) is 53.6 Å². The zero-order valence-corrected chi connectivity index (χ0v) is 11.5. The summed E-state index contributed by atoms with van der Waals surface area (Å²) in [6.45, 7) is 1.51. The number of nitrogens with two attached hydrogens (primary N) is 1. The molecule has 0 aromatic heterocycles. The van der Waals surface area contributed by atoms with Gasteiger partial charge in [-0.3, -0.25) is 0 Å². The van der Waals surface area contributed by atoms with Crippen LogP contribution < -0.4 is 10.5 Å². The van der Waals surface area contributed by atoms with E-state index in [9.17, 15) is 0 Å². The van der Waals surface area contributed by atoms with Gasteiger partial charge in [0.05, 0.1) is 6.61 Å². The van der Waals surface area contributed by atoms with Gasteiger partial charge in [0.15, 0.2) is 0 Å². The molecule has 0 amide bonds. The van der Waals surface area contributed by atoms with E-state index >= 15 is 0 Å². The lowest BCUT2D eigenvalue weighted by atomic mass is 10.0. The molecule has 1 aromatic carbocycles. The number of hydrogen-bond acceptors (Lipinski definition) is 2. The third-order valence-corrected chi connectivity index (χ3v) is 3.36. The second kappa shape index (κ2) is 7.80. The van der Waals surface area contributed by atoms with Crippen LogP contribution >= 0.6 is 0 Å². The van der Waals surface area contributed by atoms with Crippen LogP contribution in [0.2, 0.25) is 0 Å². The molecule has 0 saturated heterocycles. The van der Waals surface area contributed by atoms with Crippen molar-refractivity contribution in [3.8, 4) is 5.75 Å². The molecule has 2 rings (SSSR count). The second-order valence-electron chi connectivity index (χ2n) is 4.93. The molecule has 0 fully saturated rings. The Labute approximate surface area is 116 Å². The quantitative estimate of drug-likeness (QED) is 0.809. The molecule has 2 nitrogen and oxygen atoms in total. The van der Waals surface area contributed by atoms with Gasteiger partial charge in [-0.15, -0.1) is 0 Å². The van der Waals surface area contributed by atoms with Crippen molar-refractivity contribution >= 4 is 0 Å². The Morgan fingerprint density at radius 2 is 2.16 bits per heavy atom. The predicted octanol–water partition coefficient (Wildman–Crippen LogP) is 3.62. The lowest BCUT2D eigenvalue weighted by Crippen LogP contribution is -2.02. The molecule has 0 radical (unpaired) electrons. The largest absolute Gasteiger partial charge is 0.493 e. The van der Waals surface area contributed by atoms with Gasteiger partial charge in [-0.1, -0.05) is 35.9 Å². The molecule has 2 N–H and O–H groups in total. The molecular formula is C17H23NO. The van der Waals surface area contributed by atoms with Gasteiger partial charge < -0.3 is 10.5 Å². The first-order valence-corrected chi connectivity index (χ1v) is 7.15. The number of allylic oxidation sites excluding steroid dienone is 3. The van der Waals surface area contributed by atoms with Gasteiger partial charge in [-0.25, -0.2) is 0 Å². The molecule has 102 valence electrons. The maximum absolute atomic E-state index is 5.83. The fourth-order valence-corrected chi connectivity index (χ4v) is 2.26. The molecule has 1 aliphatic carbocycles. The first-order valence-electron chi connectivity index (χ1n) is 7.15. The Kier molecular flexibility index (Phi) is 5.70. The van der Waals surface area contributed by atoms with Gasteiger partial charge in [-0.05, 0) is 49.9 Å². The topological polar surface area (TPSA) is 35.2 Å². The molecule has 0 spiro atoms. The highest BCUT2D eigenvalue weighted by molar-refractivity contribution is 5.28. The molecule has 0 saturated carbocycles. The van der Waals surface area contributed by atoms with Crippen molar-refractivity contribution in [2.45, 2.75) is 32.1 Å². The molecule has 1 aliphatic rings. The van der Waals surface area contributed by atoms with Crippen LogP contribution in [-0.2, 0) is 6.42 Å². The van der Waals surface area contributed by atoms with Crippen molar-refractivity contribution in [3.63, 3.8) is 0 Å². The maximum Gasteiger partial charge on any atom is 0.119 e. The van der Waals surface area contributed by atoms with E-state index in [1.165, 1.54) is 24.0 Å². The van der Waals surface area contributed by atoms with E-state index in [2.05, 4.69) is 36.4 Å². The third kappa shape index (κ3) is 4.92. The molecular weight excluding hydrogens is 234 g/mol. The molecule has 2 heteroatoms. The molecule has 19 heavy (non-hydrogen) atoms. The first kappa shape index (κ1) is 13.9. The van der Waals surface area contributed by atoms with E-state index in [1.807, 2.05) is 6.07 Å². The summed E-state index contributed by atoms with van der Waals surface area (Å²) >= 11 is 0. The number of aryl methyl sites for hydroxylation is 1. The van der Waals surface area contributed by atoms with Crippen molar-refractivity contribution in [1.82, 2.24) is 0 Å². The minimum Gasteiger partial charge on any atom is -0.493 e. The Balaban J connectivity index is 1.78. The summed E-state index contributed by atoms with van der Waals surface area (Å²) in [4.78, 5) is 0. The van der Waals surface area contributed by atoms with E-state index in [0.29, 0.717) is 0 Å². The van der Waals surface area contributed by atoms with E-state index in [1.54, 1.807) is 0 Å². The smallest absolute Gasteiger partial charge is 0.119 e. The fraction of sp³-hybridized carbons (Fsp3) is 0.412. The molecule has 0 unspecified atom stereocenters. The van der Waals surface area contributed by atoms with E-state index in [0.717, 1.165) is 38.2 Å². The number of rotatable bonds is 7. The Morgan fingerprint density at radius 1 is 1.21 bits per heavy atom. The highest BCUT2D eigenvalue weighted by Crippen LogP contribution is 2.18. The van der Waals surface area contributed by atoms with Crippen LogP contribution in [0.15, 0.2) is 48.1 Å². The molecule has 1 aromatic rings. The highest BCUT2D eigenvalue weighted by atomic mass is 16.5. The summed E-state index contributed by atoms with van der Waals surface area (Å²) < 4.78 is 5.83. The monoisotopic (exact) mass is 257 g/mol. The van der Waals surface area contributed by atoms with Gasteiger partial charge in [-0.2, -0.15) is 0 Å². The van der Waals surface area contributed by atoms with E-state index in [4.69, 9.17) is 10.5 Å². The summed E-state index contributed by atoms with van der Waals surface area (Å²) in [7, 11) is 0. The summed E-state index contributed by atoms with van der Waals surface area (Å²) in [5.41, 5.74) is 8.33. The number of benzene rings is 1. The fourth-order valence-electron chi connectivity index (χ4n) is 2.26. The molecule has 0 atom stereocenters. The van der Waals surface area contributed by atoms with E-state index in [-0.39, 0.29) is 0 Å². The average molecular weight is 257 g/mol. The minimum absolute atomic E-state index is 0.743. The average Bonchev–Trinajstić information content (AvgIpc) is 2.47. The molecule has 0 aliphatic heterocycles. The Bertz CT molecular complexity index is 448. The van der Waals surface area contributed by atoms with Crippen molar-refractivity contribution in [2.75, 3.05) is 13.2 Å². The molecule has 0 heterocycles. The zero-order valence-electron chi connectivity index (χ0n) is 11.5. The zero-order chi connectivity index (χ0) is 13.3. The maximum atomic E-state index is 5.83. The van der Waals surface area contributed by atoms with Gasteiger partial charge in [0.2, 0.25) is 0 Å². The lowest BCUT2D eigenvalue weighted by molar-refractivity contribution is 0.319. The van der Waals surface area contributed by atoms with Gasteiger partial charge >= 0.3 is 0 Å². The van der Waals surface area contributed by atoms with Crippen LogP contribution in [-0.4, -0.2) is 13.2 Å². The number of hydrogen-bond donors (Lipinski definition) is 1. The second-order valence-corrected chi connectivity index (χ2v) is 4.93. The van der Waals surface area contributed by atoms with Crippen molar-refractivity contribution < 1.29 is 4.74 Å². The van der Waals surface area contributed by atoms with Crippen LogP contribution in [0, 0.1) is 0 Å². The SMILES string of the molecule is NCCCc1cccc(OCCC2=CC=CCC2)c1. The predicted molar refractivity (Wildman–Crippen MR) is 80.4 cm³/mol. The van der Waals surface area contributed by atoms with Crippen LogP contribution in [0.1, 0.15) is 31.2 Å². The molecule has 0 bridgehead atoms. The standard InChI is InChI=1S/C17H23NO/c18-12-5-9-16-8-4-10-17(14-16)19-13-11-15-6-2-1-3-7-15/h1-2,4,6,8,10,14H,3,5,7,9,11-13,18H2. The number of ether oxygens (including phenoxy) is 1. The summed E-state index contributed by atoms with van der Waals surface area (Å²) in [5, 5.41) is 0. The van der Waals surface area contributed by atoms with Gasteiger partial charge in [0.25, 0.3) is 0 Å². The van der Waals surface area contributed by atoms with Gasteiger partial charge in [0.1, 0.15) is 5.75 Å². The van der Waals surface area contributed by atoms with Crippen LogP contribution in [0.4, 0.5) is 0 Å². The van der Waals surface area contributed by atoms with Crippen molar-refractivity contribution in [1.29, 1.82) is 0 Å². The van der Waals surface area contributed by atoms with E-state index < -0.39 is 0 Å². The Morgan fingerprint density at radius 3 is 2.95 bits per heavy atom. The normalized spacial score (nSPS) is 14.3. The Hall–Kier alpha value is -1.54. The van der Waals surface area contributed by atoms with Crippen LogP contribution in [0.3, 0.4) is 0 Å². The van der Waals surface area contributed by atoms with Crippen LogP contribution in [0.25, 0.3) is 0 Å². The van der Waals surface area contributed by atoms with Crippen molar-refractivity contribution in [2.24, 2.45) is 5.73 Å². The van der Waals surface area contributed by atoms with Gasteiger partial charge in [0, 0.05) is 6.42 Å². The summed E-state index contributed by atoms with van der Waals surface area (Å²) in [6, 6.07) is 8.35. The first-order chi connectivity index (χ1) is 9.38. The third-order valence-electron chi connectivity index (χ3n) is 3.36. The van der Waals surface area contributed by atoms with Crippen LogP contribution in [0.5, 0.6) is 5.75 Å². The summed E-state index contributed by atoms with van der Waals surface area (Å²) in [6.07, 6.45) is 12.0.